The molecular formula is C27H32O4. The molecule has 0 aliphatic carbocycles. The number of benzene rings is 3. The normalized spacial score (nSPS) is 11.3. The third-order valence-electron chi connectivity index (χ3n) is 4.95. The molecule has 0 N–H and O–H groups in total. The topological polar surface area (TPSA) is 36.9 Å². The SMILES string of the molecule is CCOCCOc1ccc(C(C)(C)COCc2cccc(Oc3ccccc3)c2)cc1. The van der Waals surface area contributed by atoms with Gasteiger partial charge in [0.25, 0.3) is 0 Å². The summed E-state index contributed by atoms with van der Waals surface area (Å²) in [5, 5.41) is 0. The Labute approximate surface area is 185 Å². The zero-order valence-electron chi connectivity index (χ0n) is 18.7. The van der Waals surface area contributed by atoms with Gasteiger partial charge >= 0.3 is 0 Å². The summed E-state index contributed by atoms with van der Waals surface area (Å²) in [5.74, 6) is 2.49. The maximum atomic E-state index is 6.06. The molecule has 3 rings (SSSR count). The Bertz CT molecular complexity index is 904. The van der Waals surface area contributed by atoms with Gasteiger partial charge in [0.2, 0.25) is 0 Å². The van der Waals surface area contributed by atoms with Crippen LogP contribution in [0.5, 0.6) is 17.2 Å². The second kappa shape index (κ2) is 11.5. The van der Waals surface area contributed by atoms with Crippen LogP contribution in [0.4, 0.5) is 0 Å². The zero-order valence-corrected chi connectivity index (χ0v) is 18.7. The van der Waals surface area contributed by atoms with Gasteiger partial charge in [0.15, 0.2) is 0 Å². The van der Waals surface area contributed by atoms with Gasteiger partial charge in [0, 0.05) is 12.0 Å². The minimum absolute atomic E-state index is 0.109. The minimum atomic E-state index is -0.109. The molecule has 0 spiro atoms. The predicted octanol–water partition coefficient (Wildman–Crippen LogP) is 6.39. The van der Waals surface area contributed by atoms with E-state index in [0.29, 0.717) is 33.0 Å². The number of hydrogen-bond acceptors (Lipinski definition) is 4. The first-order valence-corrected chi connectivity index (χ1v) is 10.8. The summed E-state index contributed by atoms with van der Waals surface area (Å²) < 4.78 is 23.0. The van der Waals surface area contributed by atoms with Crippen LogP contribution in [0.1, 0.15) is 31.9 Å². The highest BCUT2D eigenvalue weighted by Crippen LogP contribution is 2.27. The van der Waals surface area contributed by atoms with Crippen molar-refractivity contribution in [3.8, 4) is 17.2 Å². The van der Waals surface area contributed by atoms with Crippen molar-refractivity contribution < 1.29 is 18.9 Å². The van der Waals surface area contributed by atoms with Gasteiger partial charge in [-0.2, -0.15) is 0 Å². The maximum absolute atomic E-state index is 6.06. The third kappa shape index (κ3) is 7.42. The summed E-state index contributed by atoms with van der Waals surface area (Å²) in [6.07, 6.45) is 0. The van der Waals surface area contributed by atoms with Gasteiger partial charge in [0.05, 0.1) is 19.8 Å². The molecule has 0 aromatic heterocycles. The Morgan fingerprint density at radius 3 is 2.19 bits per heavy atom. The molecule has 0 saturated carbocycles. The molecule has 0 heterocycles. The van der Waals surface area contributed by atoms with E-state index in [4.69, 9.17) is 18.9 Å². The molecule has 0 unspecified atom stereocenters. The lowest BCUT2D eigenvalue weighted by Gasteiger charge is -2.25. The largest absolute Gasteiger partial charge is 0.491 e. The smallest absolute Gasteiger partial charge is 0.127 e. The van der Waals surface area contributed by atoms with E-state index in [9.17, 15) is 0 Å². The van der Waals surface area contributed by atoms with Crippen LogP contribution >= 0.6 is 0 Å². The monoisotopic (exact) mass is 420 g/mol. The lowest BCUT2D eigenvalue weighted by molar-refractivity contribution is 0.0823. The van der Waals surface area contributed by atoms with Crippen molar-refractivity contribution in [3.05, 3.63) is 90.0 Å². The summed E-state index contributed by atoms with van der Waals surface area (Å²) >= 11 is 0. The van der Waals surface area contributed by atoms with Crippen LogP contribution in [-0.4, -0.2) is 26.4 Å². The molecule has 0 radical (unpaired) electrons. The molecule has 4 heteroatoms. The van der Waals surface area contributed by atoms with Gasteiger partial charge in [-0.1, -0.05) is 56.3 Å². The van der Waals surface area contributed by atoms with Crippen molar-refractivity contribution in [2.45, 2.75) is 32.8 Å². The summed E-state index contributed by atoms with van der Waals surface area (Å²) in [4.78, 5) is 0. The van der Waals surface area contributed by atoms with Crippen molar-refractivity contribution >= 4 is 0 Å². The summed E-state index contributed by atoms with van der Waals surface area (Å²) in [7, 11) is 0. The molecule has 164 valence electrons. The minimum Gasteiger partial charge on any atom is -0.491 e. The number of para-hydroxylation sites is 1. The first-order valence-electron chi connectivity index (χ1n) is 10.8. The molecule has 3 aromatic rings. The molecule has 0 aliphatic rings. The standard InChI is InChI=1S/C27H32O4/c1-4-28-17-18-30-24-15-13-23(14-16-24)27(2,3)21-29-20-22-9-8-12-26(19-22)31-25-10-6-5-7-11-25/h5-16,19H,4,17-18,20-21H2,1-3H3. The lowest BCUT2D eigenvalue weighted by Crippen LogP contribution is -2.24. The van der Waals surface area contributed by atoms with Crippen molar-refractivity contribution in [3.63, 3.8) is 0 Å². The number of rotatable bonds is 12. The van der Waals surface area contributed by atoms with Crippen LogP contribution in [-0.2, 0) is 21.5 Å². The van der Waals surface area contributed by atoms with Gasteiger partial charge in [-0.3, -0.25) is 0 Å². The fourth-order valence-corrected chi connectivity index (χ4v) is 3.20. The number of hydrogen-bond donors (Lipinski definition) is 0. The quantitative estimate of drug-likeness (QED) is 0.318. The van der Waals surface area contributed by atoms with Crippen molar-refractivity contribution in [2.75, 3.05) is 26.4 Å². The van der Waals surface area contributed by atoms with E-state index >= 15 is 0 Å². The first-order chi connectivity index (χ1) is 15.1. The van der Waals surface area contributed by atoms with Crippen molar-refractivity contribution in [2.24, 2.45) is 0 Å². The van der Waals surface area contributed by atoms with Gasteiger partial charge in [-0.15, -0.1) is 0 Å². The summed E-state index contributed by atoms with van der Waals surface area (Å²) in [5.41, 5.74) is 2.19. The van der Waals surface area contributed by atoms with Crippen LogP contribution in [0.3, 0.4) is 0 Å². The first kappa shape index (κ1) is 22.9. The summed E-state index contributed by atoms with van der Waals surface area (Å²) in [6.45, 7) is 9.38. The van der Waals surface area contributed by atoms with E-state index < -0.39 is 0 Å². The van der Waals surface area contributed by atoms with Gasteiger partial charge in [-0.05, 0) is 54.4 Å². The Morgan fingerprint density at radius 1 is 0.710 bits per heavy atom. The molecule has 0 amide bonds. The van der Waals surface area contributed by atoms with Crippen LogP contribution in [0.25, 0.3) is 0 Å². The second-order valence-corrected chi connectivity index (χ2v) is 8.01. The van der Waals surface area contributed by atoms with Gasteiger partial charge in [-0.25, -0.2) is 0 Å². The average Bonchev–Trinajstić information content (AvgIpc) is 2.78. The van der Waals surface area contributed by atoms with Crippen molar-refractivity contribution in [1.29, 1.82) is 0 Å². The maximum Gasteiger partial charge on any atom is 0.127 e. The van der Waals surface area contributed by atoms with E-state index in [1.165, 1.54) is 5.56 Å². The Balaban J connectivity index is 1.49. The fourth-order valence-electron chi connectivity index (χ4n) is 3.20. The molecule has 3 aromatic carbocycles. The van der Waals surface area contributed by atoms with Crippen molar-refractivity contribution in [1.82, 2.24) is 0 Å². The van der Waals surface area contributed by atoms with Crippen LogP contribution < -0.4 is 9.47 Å². The Morgan fingerprint density at radius 2 is 1.45 bits per heavy atom. The molecule has 4 nitrogen and oxygen atoms in total. The van der Waals surface area contributed by atoms with Gasteiger partial charge in [0.1, 0.15) is 23.9 Å². The molecule has 0 aliphatic heterocycles. The molecule has 0 saturated heterocycles. The highest BCUT2D eigenvalue weighted by molar-refractivity contribution is 5.34. The van der Waals surface area contributed by atoms with E-state index in [-0.39, 0.29) is 5.41 Å². The third-order valence-corrected chi connectivity index (χ3v) is 4.95. The van der Waals surface area contributed by atoms with E-state index in [2.05, 4.69) is 32.0 Å². The van der Waals surface area contributed by atoms with E-state index in [1.54, 1.807) is 0 Å². The zero-order chi connectivity index (χ0) is 21.9. The van der Waals surface area contributed by atoms with E-state index in [0.717, 1.165) is 22.8 Å². The highest BCUT2D eigenvalue weighted by Gasteiger charge is 2.21. The molecule has 31 heavy (non-hydrogen) atoms. The lowest BCUT2D eigenvalue weighted by atomic mass is 9.85. The highest BCUT2D eigenvalue weighted by atomic mass is 16.5. The van der Waals surface area contributed by atoms with Crippen LogP contribution in [0.15, 0.2) is 78.9 Å². The Kier molecular flexibility index (Phi) is 8.51. The van der Waals surface area contributed by atoms with E-state index in [1.807, 2.05) is 67.6 Å². The second-order valence-electron chi connectivity index (χ2n) is 8.01. The average molecular weight is 421 g/mol. The Hall–Kier alpha value is -2.82. The molecule has 0 atom stereocenters. The molecule has 0 fully saturated rings. The fraction of sp³-hybridized carbons (Fsp3) is 0.333. The molecule has 0 bridgehead atoms. The van der Waals surface area contributed by atoms with Crippen LogP contribution in [0, 0.1) is 0 Å². The number of ether oxygens (including phenoxy) is 4. The predicted molar refractivity (Wildman–Crippen MR) is 124 cm³/mol. The molecular weight excluding hydrogens is 388 g/mol. The van der Waals surface area contributed by atoms with Crippen LogP contribution in [0.2, 0.25) is 0 Å². The van der Waals surface area contributed by atoms with Gasteiger partial charge < -0.3 is 18.9 Å². The summed E-state index contributed by atoms with van der Waals surface area (Å²) in [6, 6.07) is 26.0.